The highest BCUT2D eigenvalue weighted by molar-refractivity contribution is 6.34. The molecule has 5 nitrogen and oxygen atoms in total. The number of primary amides is 1. The van der Waals surface area contributed by atoms with E-state index in [1.54, 1.807) is 0 Å². The second-order valence-electron chi connectivity index (χ2n) is 6.24. The van der Waals surface area contributed by atoms with Crippen molar-refractivity contribution >= 4 is 34.8 Å². The first-order chi connectivity index (χ1) is 13.9. The van der Waals surface area contributed by atoms with Gasteiger partial charge in [0.05, 0.1) is 11.3 Å². The lowest BCUT2D eigenvalue weighted by molar-refractivity contribution is -0.275. The lowest BCUT2D eigenvalue weighted by Gasteiger charge is -2.29. The first kappa shape index (κ1) is 22.1. The monoisotopic (exact) mass is 468 g/mol. The molecule has 1 aliphatic rings. The van der Waals surface area contributed by atoms with Gasteiger partial charge in [0.25, 0.3) is 11.5 Å². The van der Waals surface area contributed by atoms with Crippen molar-refractivity contribution < 1.29 is 36.3 Å². The van der Waals surface area contributed by atoms with Gasteiger partial charge in [0, 0.05) is 27.6 Å². The summed E-state index contributed by atoms with van der Waals surface area (Å²) >= 11 is 11.7. The predicted molar refractivity (Wildman–Crippen MR) is 98.0 cm³/mol. The standard InChI is InChI=1S/C18H11Cl2F5N2O3/c19-10-4-9(5-11(20)6-10)17(18(23,24)25)7-13(27-30-17)8-1-2-12(15(26)28)14(3-8)29-16(21)22/h1-6,16H,7H2,(H2,26,28). The number of hydrogen-bond acceptors (Lipinski definition) is 4. The largest absolute Gasteiger partial charge is 0.435 e. The van der Waals surface area contributed by atoms with Crippen LogP contribution in [0.5, 0.6) is 5.75 Å². The Balaban J connectivity index is 2.03. The van der Waals surface area contributed by atoms with Crippen molar-refractivity contribution in [2.24, 2.45) is 10.9 Å². The number of rotatable bonds is 5. The van der Waals surface area contributed by atoms with Crippen LogP contribution in [0.15, 0.2) is 41.6 Å². The van der Waals surface area contributed by atoms with Gasteiger partial charge >= 0.3 is 12.8 Å². The van der Waals surface area contributed by atoms with E-state index in [-0.39, 0.29) is 32.4 Å². The van der Waals surface area contributed by atoms with Gasteiger partial charge in [-0.15, -0.1) is 0 Å². The Kier molecular flexibility index (Phi) is 5.83. The van der Waals surface area contributed by atoms with Crippen molar-refractivity contribution in [2.45, 2.75) is 24.8 Å². The molecule has 1 heterocycles. The summed E-state index contributed by atoms with van der Waals surface area (Å²) in [7, 11) is 0. The van der Waals surface area contributed by atoms with Gasteiger partial charge in [-0.1, -0.05) is 34.4 Å². The summed E-state index contributed by atoms with van der Waals surface area (Å²) in [5.41, 5.74) is 1.19. The summed E-state index contributed by atoms with van der Waals surface area (Å²) in [5, 5.41) is 3.42. The van der Waals surface area contributed by atoms with Crippen molar-refractivity contribution in [3.63, 3.8) is 0 Å². The fraction of sp³-hybridized carbons (Fsp3) is 0.222. The Bertz CT molecular complexity index is 1010. The van der Waals surface area contributed by atoms with Crippen molar-refractivity contribution in [2.75, 3.05) is 0 Å². The smallest absolute Gasteiger partial charge is 0.434 e. The Hall–Kier alpha value is -2.59. The van der Waals surface area contributed by atoms with E-state index >= 15 is 0 Å². The topological polar surface area (TPSA) is 73.9 Å². The van der Waals surface area contributed by atoms with Crippen LogP contribution in [0.4, 0.5) is 22.0 Å². The van der Waals surface area contributed by atoms with Gasteiger partial charge in [0.1, 0.15) is 5.75 Å². The number of amides is 1. The highest BCUT2D eigenvalue weighted by Gasteiger charge is 2.62. The highest BCUT2D eigenvalue weighted by Crippen LogP contribution is 2.49. The molecular formula is C18H11Cl2F5N2O3. The first-order valence-electron chi connectivity index (χ1n) is 8.10. The molecule has 1 atom stereocenters. The molecule has 1 amide bonds. The van der Waals surface area contributed by atoms with E-state index in [1.807, 2.05) is 0 Å². The molecular weight excluding hydrogens is 458 g/mol. The van der Waals surface area contributed by atoms with Crippen LogP contribution in [0, 0.1) is 0 Å². The number of nitrogens with two attached hydrogens (primary N) is 1. The third kappa shape index (κ3) is 4.15. The van der Waals surface area contributed by atoms with Crippen LogP contribution in [0.2, 0.25) is 10.0 Å². The van der Waals surface area contributed by atoms with Crippen LogP contribution in [-0.2, 0) is 10.4 Å². The zero-order chi connectivity index (χ0) is 22.3. The number of carbonyl (C=O) groups is 1. The highest BCUT2D eigenvalue weighted by atomic mass is 35.5. The zero-order valence-corrected chi connectivity index (χ0v) is 16.2. The SMILES string of the molecule is NC(=O)c1ccc(C2=NOC(c3cc(Cl)cc(Cl)c3)(C(F)(F)F)C2)cc1OC(F)F. The van der Waals surface area contributed by atoms with Crippen LogP contribution in [0.1, 0.15) is 27.9 Å². The molecule has 0 aromatic heterocycles. The third-order valence-corrected chi connectivity index (χ3v) is 4.75. The lowest BCUT2D eigenvalue weighted by Crippen LogP contribution is -2.42. The van der Waals surface area contributed by atoms with Gasteiger partial charge in [-0.05, 0) is 30.3 Å². The summed E-state index contributed by atoms with van der Waals surface area (Å²) < 4.78 is 71.6. The van der Waals surface area contributed by atoms with Crippen LogP contribution in [0.25, 0.3) is 0 Å². The quantitative estimate of drug-likeness (QED) is 0.606. The fourth-order valence-electron chi connectivity index (χ4n) is 2.94. The lowest BCUT2D eigenvalue weighted by atomic mass is 9.86. The number of nitrogens with zero attached hydrogens (tertiary/aromatic N) is 1. The molecule has 1 unspecified atom stereocenters. The summed E-state index contributed by atoms with van der Waals surface area (Å²) in [6.45, 7) is -3.29. The Labute approximate surface area is 176 Å². The molecule has 160 valence electrons. The maximum absolute atomic E-state index is 14.0. The predicted octanol–water partition coefficient (Wildman–Crippen LogP) is 5.28. The van der Waals surface area contributed by atoms with E-state index in [9.17, 15) is 26.7 Å². The molecule has 0 spiro atoms. The van der Waals surface area contributed by atoms with Gasteiger partial charge in [-0.25, -0.2) is 0 Å². The van der Waals surface area contributed by atoms with Gasteiger partial charge in [0.2, 0.25) is 0 Å². The zero-order valence-electron chi connectivity index (χ0n) is 14.6. The maximum Gasteiger partial charge on any atom is 0.435 e. The molecule has 2 aromatic rings. The summed E-state index contributed by atoms with van der Waals surface area (Å²) in [5.74, 6) is -1.66. The van der Waals surface area contributed by atoms with Crippen molar-refractivity contribution in [3.8, 4) is 5.75 Å². The van der Waals surface area contributed by atoms with Gasteiger partial charge in [0.15, 0.2) is 0 Å². The summed E-state index contributed by atoms with van der Waals surface area (Å²) in [6.07, 6.45) is -5.74. The number of carbonyl (C=O) groups excluding carboxylic acids is 1. The van der Waals surface area contributed by atoms with E-state index in [0.29, 0.717) is 0 Å². The molecule has 0 fully saturated rings. The first-order valence-corrected chi connectivity index (χ1v) is 8.86. The van der Waals surface area contributed by atoms with Crippen molar-refractivity contribution in [1.29, 1.82) is 0 Å². The minimum absolute atomic E-state index is 0.0325. The molecule has 0 saturated heterocycles. The Morgan fingerprint density at radius 2 is 1.80 bits per heavy atom. The van der Waals surface area contributed by atoms with E-state index < -0.39 is 36.5 Å². The van der Waals surface area contributed by atoms with E-state index in [1.165, 1.54) is 12.1 Å². The number of oxime groups is 1. The number of ether oxygens (including phenoxy) is 1. The molecule has 2 aromatic carbocycles. The Morgan fingerprint density at radius 3 is 2.33 bits per heavy atom. The molecule has 0 radical (unpaired) electrons. The maximum atomic E-state index is 14.0. The van der Waals surface area contributed by atoms with Crippen LogP contribution in [-0.4, -0.2) is 24.4 Å². The molecule has 3 rings (SSSR count). The number of alkyl halides is 5. The number of benzene rings is 2. The van der Waals surface area contributed by atoms with Gasteiger partial charge in [-0.2, -0.15) is 22.0 Å². The number of halogens is 7. The second kappa shape index (κ2) is 7.92. The molecule has 0 saturated carbocycles. The van der Waals surface area contributed by atoms with E-state index in [4.69, 9.17) is 33.8 Å². The molecule has 12 heteroatoms. The summed E-state index contributed by atoms with van der Waals surface area (Å²) in [6, 6.07) is 6.51. The molecule has 30 heavy (non-hydrogen) atoms. The average Bonchev–Trinajstić information content (AvgIpc) is 3.06. The molecule has 0 bridgehead atoms. The molecule has 1 aliphatic heterocycles. The average molecular weight is 469 g/mol. The summed E-state index contributed by atoms with van der Waals surface area (Å²) in [4.78, 5) is 16.2. The number of hydrogen-bond donors (Lipinski definition) is 1. The van der Waals surface area contributed by atoms with Crippen LogP contribution in [0.3, 0.4) is 0 Å². The third-order valence-electron chi connectivity index (χ3n) is 4.31. The fourth-order valence-corrected chi connectivity index (χ4v) is 3.47. The minimum atomic E-state index is -4.93. The normalized spacial score (nSPS) is 18.9. The van der Waals surface area contributed by atoms with Crippen molar-refractivity contribution in [1.82, 2.24) is 0 Å². The van der Waals surface area contributed by atoms with Crippen LogP contribution >= 0.6 is 23.2 Å². The van der Waals surface area contributed by atoms with Crippen LogP contribution < -0.4 is 10.5 Å². The van der Waals surface area contributed by atoms with Gasteiger partial charge < -0.3 is 15.3 Å². The second-order valence-corrected chi connectivity index (χ2v) is 7.12. The minimum Gasteiger partial charge on any atom is -0.434 e. The van der Waals surface area contributed by atoms with Gasteiger partial charge in [-0.3, -0.25) is 4.79 Å². The van der Waals surface area contributed by atoms with E-state index in [0.717, 1.165) is 24.3 Å². The Morgan fingerprint density at radius 1 is 1.17 bits per heavy atom. The van der Waals surface area contributed by atoms with E-state index in [2.05, 4.69) is 9.89 Å². The molecule has 2 N–H and O–H groups in total. The molecule has 0 aliphatic carbocycles. The van der Waals surface area contributed by atoms with Crippen molar-refractivity contribution in [3.05, 3.63) is 63.1 Å².